The van der Waals surface area contributed by atoms with Crippen LogP contribution in [0.15, 0.2) is 5.38 Å². The van der Waals surface area contributed by atoms with Gasteiger partial charge in [0.05, 0.1) is 17.1 Å². The van der Waals surface area contributed by atoms with E-state index in [1.165, 1.54) is 11.3 Å². The van der Waals surface area contributed by atoms with E-state index in [-0.39, 0.29) is 12.3 Å². The molecule has 1 aliphatic rings. The topological polar surface area (TPSA) is 59.5 Å². The van der Waals surface area contributed by atoms with E-state index in [0.29, 0.717) is 5.69 Å². The molecular formula is C13H18N2O3S. The molecule has 1 aliphatic heterocycles. The van der Waals surface area contributed by atoms with Gasteiger partial charge in [0.2, 0.25) is 0 Å². The predicted octanol–water partition coefficient (Wildman–Crippen LogP) is 1.55. The number of hydrogen-bond acceptors (Lipinski definition) is 5. The van der Waals surface area contributed by atoms with Gasteiger partial charge in [-0.25, -0.2) is 4.98 Å². The van der Waals surface area contributed by atoms with Crippen LogP contribution in [-0.4, -0.2) is 41.0 Å². The summed E-state index contributed by atoms with van der Waals surface area (Å²) >= 11 is 1.50. The Hall–Kier alpha value is -1.43. The van der Waals surface area contributed by atoms with Crippen molar-refractivity contribution in [1.29, 1.82) is 0 Å². The Labute approximate surface area is 116 Å². The van der Waals surface area contributed by atoms with Gasteiger partial charge in [-0.05, 0) is 26.7 Å². The summed E-state index contributed by atoms with van der Waals surface area (Å²) in [5.41, 5.74) is 0.702. The van der Waals surface area contributed by atoms with Crippen LogP contribution in [0.25, 0.3) is 0 Å². The summed E-state index contributed by atoms with van der Waals surface area (Å²) in [6.45, 7) is 5.06. The lowest BCUT2D eigenvalue weighted by Crippen LogP contribution is -2.38. The van der Waals surface area contributed by atoms with Crippen molar-refractivity contribution in [2.75, 3.05) is 13.1 Å². The summed E-state index contributed by atoms with van der Waals surface area (Å²) in [6, 6.07) is 0. The number of esters is 1. The van der Waals surface area contributed by atoms with Crippen LogP contribution in [0.3, 0.4) is 0 Å². The molecule has 1 unspecified atom stereocenters. The Kier molecular flexibility index (Phi) is 4.52. The second-order valence-corrected chi connectivity index (χ2v) is 5.76. The van der Waals surface area contributed by atoms with Gasteiger partial charge in [0.15, 0.2) is 6.10 Å². The molecule has 0 N–H and O–H groups in total. The van der Waals surface area contributed by atoms with Crippen LogP contribution in [0, 0.1) is 6.92 Å². The van der Waals surface area contributed by atoms with E-state index in [4.69, 9.17) is 4.74 Å². The molecule has 1 amide bonds. The lowest BCUT2D eigenvalue weighted by atomic mass is 10.3. The smallest absolute Gasteiger partial charge is 0.312 e. The van der Waals surface area contributed by atoms with Crippen LogP contribution in [0.5, 0.6) is 0 Å². The molecule has 19 heavy (non-hydrogen) atoms. The van der Waals surface area contributed by atoms with Gasteiger partial charge in [0.25, 0.3) is 5.91 Å². The number of ether oxygens (including phenoxy) is 1. The standard InChI is InChI=1S/C13H18N2O3S/c1-9(13(17)15-5-3-4-6-15)18-12(16)7-11-8-19-10(2)14-11/h8-9H,3-7H2,1-2H3. The number of nitrogens with zero attached hydrogens (tertiary/aromatic N) is 2. The maximum absolute atomic E-state index is 12.0. The number of aromatic nitrogens is 1. The third-order valence-corrected chi connectivity index (χ3v) is 3.89. The molecule has 1 fully saturated rings. The van der Waals surface area contributed by atoms with Crippen LogP contribution in [0.1, 0.15) is 30.5 Å². The summed E-state index contributed by atoms with van der Waals surface area (Å²) < 4.78 is 5.17. The molecule has 0 bridgehead atoms. The second kappa shape index (κ2) is 6.14. The highest BCUT2D eigenvalue weighted by atomic mass is 32.1. The molecule has 1 atom stereocenters. The highest BCUT2D eigenvalue weighted by Crippen LogP contribution is 2.12. The fraction of sp³-hybridized carbons (Fsp3) is 0.615. The molecule has 0 aromatic carbocycles. The van der Waals surface area contributed by atoms with Crippen molar-refractivity contribution in [3.63, 3.8) is 0 Å². The van der Waals surface area contributed by atoms with E-state index in [2.05, 4.69) is 4.98 Å². The Balaban J connectivity index is 1.82. The van der Waals surface area contributed by atoms with Gasteiger partial charge >= 0.3 is 5.97 Å². The number of hydrogen-bond donors (Lipinski definition) is 0. The van der Waals surface area contributed by atoms with Crippen LogP contribution in [0.2, 0.25) is 0 Å². The molecule has 0 radical (unpaired) electrons. The van der Waals surface area contributed by atoms with Gasteiger partial charge in [-0.15, -0.1) is 11.3 Å². The quantitative estimate of drug-likeness (QED) is 0.786. The van der Waals surface area contributed by atoms with E-state index in [9.17, 15) is 9.59 Å². The summed E-state index contributed by atoms with van der Waals surface area (Å²) in [7, 11) is 0. The minimum atomic E-state index is -0.703. The van der Waals surface area contributed by atoms with Crippen LogP contribution >= 0.6 is 11.3 Å². The lowest BCUT2D eigenvalue weighted by molar-refractivity contribution is -0.158. The number of amides is 1. The van der Waals surface area contributed by atoms with Crippen molar-refractivity contribution in [1.82, 2.24) is 9.88 Å². The second-order valence-electron chi connectivity index (χ2n) is 4.70. The molecule has 1 aromatic heterocycles. The molecule has 0 saturated carbocycles. The zero-order valence-electron chi connectivity index (χ0n) is 11.2. The summed E-state index contributed by atoms with van der Waals surface area (Å²) in [5.74, 6) is -0.495. The zero-order chi connectivity index (χ0) is 13.8. The first-order valence-electron chi connectivity index (χ1n) is 6.45. The van der Waals surface area contributed by atoms with Crippen LogP contribution in [-0.2, 0) is 20.7 Å². The average Bonchev–Trinajstić information content (AvgIpc) is 2.99. The number of likely N-dealkylation sites (tertiary alicyclic amines) is 1. The number of carbonyl (C=O) groups excluding carboxylic acids is 2. The van der Waals surface area contributed by atoms with Crippen molar-refractivity contribution in [3.8, 4) is 0 Å². The van der Waals surface area contributed by atoms with E-state index >= 15 is 0 Å². The molecule has 0 aliphatic carbocycles. The summed E-state index contributed by atoms with van der Waals surface area (Å²) in [5, 5.41) is 2.76. The van der Waals surface area contributed by atoms with Crippen molar-refractivity contribution in [3.05, 3.63) is 16.1 Å². The lowest BCUT2D eigenvalue weighted by Gasteiger charge is -2.20. The molecule has 2 heterocycles. The van der Waals surface area contributed by atoms with Gasteiger partial charge in [-0.3, -0.25) is 9.59 Å². The van der Waals surface area contributed by atoms with E-state index in [1.54, 1.807) is 11.8 Å². The Morgan fingerprint density at radius 2 is 2.16 bits per heavy atom. The van der Waals surface area contributed by atoms with Crippen LogP contribution in [0.4, 0.5) is 0 Å². The summed E-state index contributed by atoms with van der Waals surface area (Å²) in [4.78, 5) is 29.7. The number of carbonyl (C=O) groups is 2. The molecular weight excluding hydrogens is 264 g/mol. The van der Waals surface area contributed by atoms with Gasteiger partial charge in [-0.2, -0.15) is 0 Å². The number of rotatable bonds is 4. The fourth-order valence-electron chi connectivity index (χ4n) is 2.12. The van der Waals surface area contributed by atoms with Gasteiger partial charge in [-0.1, -0.05) is 0 Å². The van der Waals surface area contributed by atoms with Crippen molar-refractivity contribution >= 4 is 23.2 Å². The normalized spacial score (nSPS) is 16.4. The maximum Gasteiger partial charge on any atom is 0.312 e. The third-order valence-electron chi connectivity index (χ3n) is 3.07. The number of thiazole rings is 1. The monoisotopic (exact) mass is 282 g/mol. The first-order chi connectivity index (χ1) is 9.06. The SMILES string of the molecule is Cc1nc(CC(=O)OC(C)C(=O)N2CCCC2)cs1. The van der Waals surface area contributed by atoms with Crippen molar-refractivity contribution < 1.29 is 14.3 Å². The highest BCUT2D eigenvalue weighted by Gasteiger charge is 2.25. The molecule has 104 valence electrons. The van der Waals surface area contributed by atoms with Crippen LogP contribution < -0.4 is 0 Å². The summed E-state index contributed by atoms with van der Waals surface area (Å²) in [6.07, 6.45) is 1.49. The number of aryl methyl sites for hydroxylation is 1. The van der Waals surface area contributed by atoms with Gasteiger partial charge in [0, 0.05) is 18.5 Å². The minimum absolute atomic E-state index is 0.0969. The van der Waals surface area contributed by atoms with Gasteiger partial charge in [0.1, 0.15) is 0 Å². The van der Waals surface area contributed by atoms with E-state index in [1.807, 2.05) is 12.3 Å². The molecule has 1 aromatic rings. The molecule has 1 saturated heterocycles. The highest BCUT2D eigenvalue weighted by molar-refractivity contribution is 7.09. The van der Waals surface area contributed by atoms with Crippen molar-refractivity contribution in [2.45, 2.75) is 39.2 Å². The average molecular weight is 282 g/mol. The fourth-order valence-corrected chi connectivity index (χ4v) is 2.73. The molecule has 2 rings (SSSR count). The first-order valence-corrected chi connectivity index (χ1v) is 7.33. The predicted molar refractivity (Wildman–Crippen MR) is 71.9 cm³/mol. The third kappa shape index (κ3) is 3.76. The molecule has 0 spiro atoms. The minimum Gasteiger partial charge on any atom is -0.452 e. The maximum atomic E-state index is 12.0. The van der Waals surface area contributed by atoms with E-state index < -0.39 is 12.1 Å². The van der Waals surface area contributed by atoms with E-state index in [0.717, 1.165) is 30.9 Å². The largest absolute Gasteiger partial charge is 0.452 e. The van der Waals surface area contributed by atoms with Gasteiger partial charge < -0.3 is 9.64 Å². The zero-order valence-corrected chi connectivity index (χ0v) is 12.0. The Bertz CT molecular complexity index is 466. The Morgan fingerprint density at radius 3 is 2.74 bits per heavy atom. The molecule has 5 nitrogen and oxygen atoms in total. The molecule has 6 heteroatoms. The van der Waals surface area contributed by atoms with Crippen molar-refractivity contribution in [2.24, 2.45) is 0 Å². The Morgan fingerprint density at radius 1 is 1.47 bits per heavy atom. The first kappa shape index (κ1) is 14.0.